The lowest BCUT2D eigenvalue weighted by molar-refractivity contribution is 0.0260. The average Bonchev–Trinajstić information content (AvgIpc) is 3.64. The number of ether oxygens (including phenoxy) is 1. The fourth-order valence-corrected chi connectivity index (χ4v) is 4.70. The first-order valence-electron chi connectivity index (χ1n) is 12.1. The summed E-state index contributed by atoms with van der Waals surface area (Å²) in [5, 5.41) is 11.5. The van der Waals surface area contributed by atoms with E-state index < -0.39 is 13.5 Å². The summed E-state index contributed by atoms with van der Waals surface area (Å²) in [6, 6.07) is 0.169. The second-order valence-corrected chi connectivity index (χ2v) is 10.6. The molecule has 0 saturated heterocycles. The van der Waals surface area contributed by atoms with Crippen LogP contribution in [0.4, 0.5) is 5.69 Å². The quantitative estimate of drug-likeness (QED) is 0.297. The summed E-state index contributed by atoms with van der Waals surface area (Å²) in [5.74, 6) is -0.424. The Morgan fingerprint density at radius 2 is 2.05 bits per heavy atom. The highest BCUT2D eigenvalue weighted by Gasteiger charge is 2.26. The van der Waals surface area contributed by atoms with E-state index in [0.29, 0.717) is 29.2 Å². The molecule has 1 fully saturated rings. The first-order chi connectivity index (χ1) is 18.3. The Morgan fingerprint density at radius 1 is 1.24 bits per heavy atom. The third-order valence-electron chi connectivity index (χ3n) is 5.99. The van der Waals surface area contributed by atoms with Crippen LogP contribution in [0.25, 0.3) is 22.8 Å². The molecule has 15 heteroatoms. The van der Waals surface area contributed by atoms with Crippen molar-refractivity contribution in [3.8, 4) is 22.8 Å². The molecule has 1 unspecified atom stereocenters. The van der Waals surface area contributed by atoms with Crippen molar-refractivity contribution in [2.24, 2.45) is 0 Å². The third kappa shape index (κ3) is 5.98. The number of anilines is 1. The normalized spacial score (nSPS) is 19.1. The summed E-state index contributed by atoms with van der Waals surface area (Å²) in [7, 11) is -3.80. The Hall–Kier alpha value is -3.87. The molecule has 1 aliphatic carbocycles. The zero-order valence-corrected chi connectivity index (χ0v) is 21.7. The van der Waals surface area contributed by atoms with Crippen molar-refractivity contribution >= 4 is 19.2 Å². The summed E-state index contributed by atoms with van der Waals surface area (Å²) in [5.41, 5.74) is 1.86. The van der Waals surface area contributed by atoms with Crippen LogP contribution in [-0.4, -0.2) is 64.9 Å². The summed E-state index contributed by atoms with van der Waals surface area (Å²) < 4.78 is 29.3. The van der Waals surface area contributed by atoms with Gasteiger partial charge in [-0.25, -0.2) is 9.55 Å². The van der Waals surface area contributed by atoms with Gasteiger partial charge in [0.05, 0.1) is 48.7 Å². The summed E-state index contributed by atoms with van der Waals surface area (Å²) in [6.07, 6.45) is 14.3. The molecule has 0 aromatic carbocycles. The van der Waals surface area contributed by atoms with Crippen LogP contribution in [0.3, 0.4) is 0 Å². The summed E-state index contributed by atoms with van der Waals surface area (Å²) >= 11 is 0. The molecule has 200 valence electrons. The van der Waals surface area contributed by atoms with E-state index in [0.717, 1.165) is 37.2 Å². The minimum Gasteiger partial charge on any atom is -0.444 e. The van der Waals surface area contributed by atoms with Gasteiger partial charge in [0.1, 0.15) is 17.7 Å². The number of nitrogens with zero attached hydrogens (tertiary/aromatic N) is 7. The molecule has 2 N–H and O–H groups in total. The van der Waals surface area contributed by atoms with E-state index in [1.807, 2.05) is 11.6 Å². The second kappa shape index (κ2) is 10.9. The Balaban J connectivity index is 1.34. The number of carbonyl (C=O) groups is 1. The monoisotopic (exact) mass is 542 g/mol. The predicted octanol–water partition coefficient (Wildman–Crippen LogP) is 3.21. The largest absolute Gasteiger partial charge is 0.444 e. The van der Waals surface area contributed by atoms with Gasteiger partial charge in [-0.1, -0.05) is 4.85 Å². The number of hydrogen-bond donors (Lipinski definition) is 2. The first kappa shape index (κ1) is 25.8. The molecule has 4 aromatic heterocycles. The van der Waals surface area contributed by atoms with Crippen molar-refractivity contribution in [1.82, 2.24) is 34.7 Å². The molecule has 1 atom stereocenters. The predicted molar refractivity (Wildman–Crippen MR) is 134 cm³/mol. The van der Waals surface area contributed by atoms with E-state index in [2.05, 4.69) is 25.4 Å². The second-order valence-electron chi connectivity index (χ2n) is 8.86. The van der Waals surface area contributed by atoms with Crippen LogP contribution in [-0.2, 0) is 9.30 Å². The van der Waals surface area contributed by atoms with Crippen LogP contribution >= 0.6 is 7.60 Å². The highest BCUT2D eigenvalue weighted by Crippen LogP contribution is 2.34. The SMILES string of the molecule is CCO[C@H]1CC[C@H](n2cc(NC(=O)c3coc(-c4cnn(OP(C)(=O)O)c4)n3)c(-c3cnccn3)n2)CC1. The van der Waals surface area contributed by atoms with Crippen LogP contribution < -0.4 is 9.94 Å². The maximum atomic E-state index is 13.1. The lowest BCUT2D eigenvalue weighted by atomic mass is 9.93. The first-order valence-corrected chi connectivity index (χ1v) is 14.1. The van der Waals surface area contributed by atoms with Crippen molar-refractivity contribution in [2.75, 3.05) is 18.6 Å². The molecule has 14 nitrogen and oxygen atoms in total. The minimum absolute atomic E-state index is 0.0204. The molecule has 1 aliphatic rings. The van der Waals surface area contributed by atoms with Crippen molar-refractivity contribution < 1.29 is 28.0 Å². The van der Waals surface area contributed by atoms with Crippen molar-refractivity contribution in [3.05, 3.63) is 49.1 Å². The highest BCUT2D eigenvalue weighted by atomic mass is 31.2. The number of nitrogens with one attached hydrogen (secondary N) is 1. The van der Waals surface area contributed by atoms with Crippen LogP contribution in [0.5, 0.6) is 0 Å². The van der Waals surface area contributed by atoms with E-state index >= 15 is 0 Å². The van der Waals surface area contributed by atoms with E-state index in [1.165, 1.54) is 18.7 Å². The van der Waals surface area contributed by atoms with Gasteiger partial charge in [-0.3, -0.25) is 19.4 Å². The molecule has 38 heavy (non-hydrogen) atoms. The van der Waals surface area contributed by atoms with Gasteiger partial charge in [0.2, 0.25) is 5.89 Å². The van der Waals surface area contributed by atoms with Gasteiger partial charge in [0.15, 0.2) is 5.69 Å². The number of hydrogen-bond acceptors (Lipinski definition) is 10. The Labute approximate surface area is 217 Å². The Bertz CT molecular complexity index is 1440. The molecule has 1 amide bonds. The van der Waals surface area contributed by atoms with Crippen molar-refractivity contribution in [2.45, 2.75) is 44.8 Å². The number of oxazole rings is 1. The molecular weight excluding hydrogens is 515 g/mol. The Morgan fingerprint density at radius 3 is 2.76 bits per heavy atom. The lowest BCUT2D eigenvalue weighted by Gasteiger charge is -2.28. The third-order valence-corrected chi connectivity index (χ3v) is 6.46. The zero-order chi connectivity index (χ0) is 26.7. The average molecular weight is 542 g/mol. The molecule has 0 bridgehead atoms. The van der Waals surface area contributed by atoms with Gasteiger partial charge in [-0.15, -0.1) is 5.10 Å². The lowest BCUT2D eigenvalue weighted by Crippen LogP contribution is -2.24. The molecule has 0 aliphatic heterocycles. The molecule has 4 heterocycles. The van der Waals surface area contributed by atoms with Gasteiger partial charge in [-0.05, 0) is 32.6 Å². The van der Waals surface area contributed by atoms with Crippen LogP contribution in [0.1, 0.15) is 49.1 Å². The van der Waals surface area contributed by atoms with Crippen LogP contribution in [0.2, 0.25) is 0 Å². The fourth-order valence-electron chi connectivity index (χ4n) is 4.30. The van der Waals surface area contributed by atoms with E-state index in [4.69, 9.17) is 18.9 Å². The molecular formula is C23H27N8O6P. The van der Waals surface area contributed by atoms with E-state index in [1.54, 1.807) is 24.8 Å². The standard InChI is InChI=1S/C23H27N8O6P/c1-3-35-17-6-4-16(5-7-17)30-13-19(21(29-30)18-11-24-8-9-25-18)27-22(32)20-14-36-23(28-20)15-10-26-31(12-15)37-38(2,33)34/h8-14,16-17H,3-7H2,1-2H3,(H,27,32)(H,33,34)/t16-,17-. The zero-order valence-electron chi connectivity index (χ0n) is 20.8. The summed E-state index contributed by atoms with van der Waals surface area (Å²) in [4.78, 5) is 36.0. The highest BCUT2D eigenvalue weighted by molar-refractivity contribution is 7.52. The molecule has 0 radical (unpaired) electrons. The van der Waals surface area contributed by atoms with E-state index in [9.17, 15) is 14.3 Å². The smallest absolute Gasteiger partial charge is 0.394 e. The number of amides is 1. The maximum absolute atomic E-state index is 13.1. The molecule has 5 rings (SSSR count). The van der Waals surface area contributed by atoms with Gasteiger partial charge < -0.3 is 24.0 Å². The van der Waals surface area contributed by atoms with E-state index in [-0.39, 0.29) is 23.7 Å². The molecule has 0 spiro atoms. The van der Waals surface area contributed by atoms with Gasteiger partial charge >= 0.3 is 7.60 Å². The van der Waals surface area contributed by atoms with Crippen molar-refractivity contribution in [1.29, 1.82) is 0 Å². The number of carbonyl (C=O) groups excluding carboxylic acids is 1. The minimum atomic E-state index is -3.80. The van der Waals surface area contributed by atoms with Crippen LogP contribution in [0, 0.1) is 0 Å². The molecule has 1 saturated carbocycles. The van der Waals surface area contributed by atoms with Gasteiger partial charge in [0.25, 0.3) is 5.91 Å². The molecule has 4 aromatic rings. The Kier molecular flexibility index (Phi) is 7.36. The fraction of sp³-hybridized carbons (Fsp3) is 0.391. The number of aromatic nitrogens is 7. The van der Waals surface area contributed by atoms with Crippen molar-refractivity contribution in [3.63, 3.8) is 0 Å². The number of rotatable bonds is 9. The summed E-state index contributed by atoms with van der Waals surface area (Å²) in [6.45, 7) is 3.74. The van der Waals surface area contributed by atoms with Gasteiger partial charge in [-0.2, -0.15) is 5.10 Å². The topological polar surface area (TPSA) is 172 Å². The maximum Gasteiger partial charge on any atom is 0.394 e. The van der Waals surface area contributed by atoms with Gasteiger partial charge in [0, 0.05) is 25.2 Å². The van der Waals surface area contributed by atoms with Crippen LogP contribution in [0.15, 0.2) is 47.9 Å².